The Labute approximate surface area is 175 Å². The van der Waals surface area contributed by atoms with Gasteiger partial charge < -0.3 is 25.4 Å². The number of carbonyl (C=O) groups excluding carboxylic acids is 2. The summed E-state index contributed by atoms with van der Waals surface area (Å²) < 4.78 is 10.2. The van der Waals surface area contributed by atoms with Crippen LogP contribution in [0, 0.1) is 0 Å². The van der Waals surface area contributed by atoms with E-state index < -0.39 is 0 Å². The third-order valence-corrected chi connectivity index (χ3v) is 4.33. The average molecular weight is 405 g/mol. The van der Waals surface area contributed by atoms with Crippen LogP contribution in [0.3, 0.4) is 0 Å². The van der Waals surface area contributed by atoms with E-state index in [2.05, 4.69) is 16.0 Å². The molecule has 0 heterocycles. The number of methoxy groups -OCH3 is 2. The van der Waals surface area contributed by atoms with Gasteiger partial charge in [0, 0.05) is 17.1 Å². The van der Waals surface area contributed by atoms with E-state index in [1.54, 1.807) is 87.0 Å². The van der Waals surface area contributed by atoms with Crippen LogP contribution in [0.4, 0.5) is 17.1 Å². The molecular weight excluding hydrogens is 382 g/mol. The molecule has 154 valence electrons. The van der Waals surface area contributed by atoms with Gasteiger partial charge in [0.15, 0.2) is 0 Å². The summed E-state index contributed by atoms with van der Waals surface area (Å²) in [6.45, 7) is 0.0128. The summed E-state index contributed by atoms with van der Waals surface area (Å²) in [6, 6.07) is 21.1. The summed E-state index contributed by atoms with van der Waals surface area (Å²) >= 11 is 0. The van der Waals surface area contributed by atoms with Gasteiger partial charge in [0.25, 0.3) is 5.91 Å². The molecule has 3 aromatic carbocycles. The Bertz CT molecular complexity index is 1000. The number of hydrogen-bond acceptors (Lipinski definition) is 5. The number of hydrogen-bond donors (Lipinski definition) is 3. The molecule has 3 N–H and O–H groups in total. The predicted molar refractivity (Wildman–Crippen MR) is 118 cm³/mol. The molecule has 0 aliphatic rings. The third-order valence-electron chi connectivity index (χ3n) is 4.33. The zero-order valence-electron chi connectivity index (χ0n) is 16.8. The number of nitrogens with one attached hydrogen (secondary N) is 3. The van der Waals surface area contributed by atoms with Crippen molar-refractivity contribution in [1.29, 1.82) is 0 Å². The van der Waals surface area contributed by atoms with E-state index in [1.165, 1.54) is 0 Å². The highest BCUT2D eigenvalue weighted by atomic mass is 16.5. The summed E-state index contributed by atoms with van der Waals surface area (Å²) in [7, 11) is 3.17. The average Bonchev–Trinajstić information content (AvgIpc) is 2.79. The molecule has 3 aromatic rings. The number of amides is 2. The summed E-state index contributed by atoms with van der Waals surface area (Å²) in [5, 5.41) is 8.66. The van der Waals surface area contributed by atoms with Gasteiger partial charge in [0.2, 0.25) is 5.91 Å². The second-order valence-electron chi connectivity index (χ2n) is 6.36. The quantitative estimate of drug-likeness (QED) is 0.527. The lowest BCUT2D eigenvalue weighted by Gasteiger charge is -2.13. The maximum atomic E-state index is 12.7. The minimum Gasteiger partial charge on any atom is -0.497 e. The van der Waals surface area contributed by atoms with Gasteiger partial charge in [0.1, 0.15) is 11.5 Å². The van der Waals surface area contributed by atoms with E-state index in [0.717, 1.165) is 0 Å². The number of ether oxygens (including phenoxy) is 2. The lowest BCUT2D eigenvalue weighted by Crippen LogP contribution is -2.23. The van der Waals surface area contributed by atoms with Crippen molar-refractivity contribution in [2.24, 2.45) is 0 Å². The fraction of sp³-hybridized carbons (Fsp3) is 0.130. The zero-order chi connectivity index (χ0) is 21.3. The molecule has 0 saturated carbocycles. The second kappa shape index (κ2) is 9.97. The van der Waals surface area contributed by atoms with E-state index in [1.807, 2.05) is 0 Å². The van der Waals surface area contributed by atoms with Crippen LogP contribution in [0.5, 0.6) is 11.5 Å². The van der Waals surface area contributed by atoms with E-state index in [9.17, 15) is 9.59 Å². The van der Waals surface area contributed by atoms with Crippen LogP contribution in [-0.4, -0.2) is 32.6 Å². The zero-order valence-corrected chi connectivity index (χ0v) is 16.8. The number of rotatable bonds is 8. The lowest BCUT2D eigenvalue weighted by molar-refractivity contribution is -0.114. The first-order chi connectivity index (χ1) is 14.6. The molecule has 0 bridgehead atoms. The van der Waals surface area contributed by atoms with Crippen LogP contribution in [0.15, 0.2) is 72.8 Å². The molecule has 0 unspecified atom stereocenters. The molecule has 7 nitrogen and oxygen atoms in total. The predicted octanol–water partition coefficient (Wildman–Crippen LogP) is 4.01. The maximum Gasteiger partial charge on any atom is 0.257 e. The standard InChI is InChI=1S/C23H23N3O4/c1-29-18-11-7-16(8-12-18)25-22(27)15-24-21-6-4-3-5-20(21)23(28)26-17-9-13-19(30-2)14-10-17/h3-14,24H,15H2,1-2H3,(H,25,27)(H,26,28). The molecule has 0 aromatic heterocycles. The summed E-state index contributed by atoms with van der Waals surface area (Å²) in [5.74, 6) is 0.908. The van der Waals surface area contributed by atoms with Gasteiger partial charge in [-0.15, -0.1) is 0 Å². The highest BCUT2D eigenvalue weighted by molar-refractivity contribution is 6.08. The number of para-hydroxylation sites is 1. The van der Waals surface area contributed by atoms with Crippen molar-refractivity contribution in [2.45, 2.75) is 0 Å². The first kappa shape index (κ1) is 20.7. The largest absolute Gasteiger partial charge is 0.497 e. The number of carbonyl (C=O) groups is 2. The molecule has 0 radical (unpaired) electrons. The number of anilines is 3. The van der Waals surface area contributed by atoms with Crippen molar-refractivity contribution in [3.63, 3.8) is 0 Å². The molecule has 7 heteroatoms. The summed E-state index contributed by atoms with van der Waals surface area (Å²) in [4.78, 5) is 24.9. The molecule has 0 saturated heterocycles. The van der Waals surface area contributed by atoms with Gasteiger partial charge in [-0.1, -0.05) is 12.1 Å². The van der Waals surface area contributed by atoms with Crippen LogP contribution in [0.1, 0.15) is 10.4 Å². The van der Waals surface area contributed by atoms with Crippen molar-refractivity contribution >= 4 is 28.9 Å². The van der Waals surface area contributed by atoms with E-state index in [4.69, 9.17) is 9.47 Å². The van der Waals surface area contributed by atoms with Gasteiger partial charge in [0.05, 0.1) is 26.3 Å². The number of benzene rings is 3. The molecule has 0 fully saturated rings. The summed E-state index contributed by atoms with van der Waals surface area (Å²) in [5.41, 5.74) is 2.31. The van der Waals surface area contributed by atoms with Gasteiger partial charge in [-0.3, -0.25) is 9.59 Å². The van der Waals surface area contributed by atoms with Crippen molar-refractivity contribution < 1.29 is 19.1 Å². The summed E-state index contributed by atoms with van der Waals surface area (Å²) in [6.07, 6.45) is 0. The van der Waals surface area contributed by atoms with Crippen LogP contribution < -0.4 is 25.4 Å². The Kier molecular flexibility index (Phi) is 6.89. The molecular formula is C23H23N3O4. The highest BCUT2D eigenvalue weighted by Gasteiger charge is 2.12. The monoisotopic (exact) mass is 405 g/mol. The third kappa shape index (κ3) is 5.51. The van der Waals surface area contributed by atoms with Crippen LogP contribution in [0.25, 0.3) is 0 Å². The Morgan fingerprint density at radius 2 is 1.27 bits per heavy atom. The van der Waals surface area contributed by atoms with Gasteiger partial charge in [-0.05, 0) is 60.7 Å². The highest BCUT2D eigenvalue weighted by Crippen LogP contribution is 2.20. The fourth-order valence-electron chi connectivity index (χ4n) is 2.76. The second-order valence-corrected chi connectivity index (χ2v) is 6.36. The lowest BCUT2D eigenvalue weighted by atomic mass is 10.1. The van der Waals surface area contributed by atoms with E-state index in [0.29, 0.717) is 34.1 Å². The van der Waals surface area contributed by atoms with Crippen molar-refractivity contribution in [1.82, 2.24) is 0 Å². The van der Waals surface area contributed by atoms with E-state index in [-0.39, 0.29) is 18.4 Å². The molecule has 30 heavy (non-hydrogen) atoms. The topological polar surface area (TPSA) is 88.7 Å². The van der Waals surface area contributed by atoms with Gasteiger partial charge in [-0.25, -0.2) is 0 Å². The minimum absolute atomic E-state index is 0.0128. The van der Waals surface area contributed by atoms with E-state index >= 15 is 0 Å². The maximum absolute atomic E-state index is 12.7. The smallest absolute Gasteiger partial charge is 0.257 e. The first-order valence-electron chi connectivity index (χ1n) is 9.31. The fourth-order valence-corrected chi connectivity index (χ4v) is 2.76. The van der Waals surface area contributed by atoms with Crippen LogP contribution >= 0.6 is 0 Å². The minimum atomic E-state index is -0.279. The Morgan fingerprint density at radius 1 is 0.733 bits per heavy atom. The Morgan fingerprint density at radius 3 is 1.83 bits per heavy atom. The molecule has 0 atom stereocenters. The van der Waals surface area contributed by atoms with Crippen molar-refractivity contribution in [3.05, 3.63) is 78.4 Å². The molecule has 0 spiro atoms. The van der Waals surface area contributed by atoms with Crippen LogP contribution in [-0.2, 0) is 4.79 Å². The Balaban J connectivity index is 1.61. The SMILES string of the molecule is COc1ccc(NC(=O)CNc2ccccc2C(=O)Nc2ccc(OC)cc2)cc1. The Hall–Kier alpha value is -4.00. The van der Waals surface area contributed by atoms with Crippen LogP contribution in [0.2, 0.25) is 0 Å². The normalized spacial score (nSPS) is 10.1. The first-order valence-corrected chi connectivity index (χ1v) is 9.31. The molecule has 0 aliphatic carbocycles. The van der Waals surface area contributed by atoms with Gasteiger partial charge in [-0.2, -0.15) is 0 Å². The molecule has 2 amide bonds. The van der Waals surface area contributed by atoms with Gasteiger partial charge >= 0.3 is 0 Å². The van der Waals surface area contributed by atoms with Crippen molar-refractivity contribution in [3.8, 4) is 11.5 Å². The van der Waals surface area contributed by atoms with Crippen molar-refractivity contribution in [2.75, 3.05) is 36.7 Å². The molecule has 3 rings (SSSR count). The molecule has 0 aliphatic heterocycles.